The SMILES string of the molecule is CCOCC12CC3CC(C(=O)ON(C(=O)OC(C)(C)C)C4CCC(N)CC4)(C1)CC(c1ccccc1)(C3)C2. The van der Waals surface area contributed by atoms with E-state index < -0.39 is 17.1 Å². The number of ether oxygens (including phenoxy) is 2. The van der Waals surface area contributed by atoms with Crippen molar-refractivity contribution < 1.29 is 23.9 Å². The van der Waals surface area contributed by atoms with Crippen LogP contribution < -0.4 is 5.73 Å². The number of hydrogen-bond acceptors (Lipinski definition) is 6. The van der Waals surface area contributed by atoms with Crippen LogP contribution >= 0.6 is 0 Å². The first-order chi connectivity index (χ1) is 18.0. The maximum Gasteiger partial charge on any atom is 0.444 e. The molecule has 0 radical (unpaired) electrons. The van der Waals surface area contributed by atoms with Gasteiger partial charge in [0.15, 0.2) is 0 Å². The van der Waals surface area contributed by atoms with Gasteiger partial charge in [-0.2, -0.15) is 0 Å². The number of amides is 1. The minimum atomic E-state index is -0.688. The normalized spacial score (nSPS) is 36.1. The number of carbonyl (C=O) groups excluding carboxylic acids is 2. The van der Waals surface area contributed by atoms with Crippen LogP contribution in [0.15, 0.2) is 30.3 Å². The molecule has 4 unspecified atom stereocenters. The van der Waals surface area contributed by atoms with Crippen LogP contribution in [0.4, 0.5) is 4.79 Å². The Morgan fingerprint density at radius 3 is 2.37 bits per heavy atom. The second kappa shape index (κ2) is 10.1. The third-order valence-electron chi connectivity index (χ3n) is 9.44. The van der Waals surface area contributed by atoms with Gasteiger partial charge in [-0.05, 0) is 114 Å². The van der Waals surface area contributed by atoms with E-state index in [1.807, 2.05) is 27.7 Å². The summed E-state index contributed by atoms with van der Waals surface area (Å²) < 4.78 is 11.8. The molecule has 5 aliphatic rings. The van der Waals surface area contributed by atoms with Crippen molar-refractivity contribution in [3.63, 3.8) is 0 Å². The first kappa shape index (κ1) is 27.4. The molecule has 0 aromatic heterocycles. The molecule has 5 fully saturated rings. The second-order valence-corrected chi connectivity index (χ2v) is 13.8. The van der Waals surface area contributed by atoms with Crippen LogP contribution in [-0.4, -0.2) is 48.0 Å². The molecule has 4 atom stereocenters. The fourth-order valence-corrected chi connectivity index (χ4v) is 8.55. The highest BCUT2D eigenvalue weighted by Gasteiger charge is 2.67. The van der Waals surface area contributed by atoms with Gasteiger partial charge in [-0.25, -0.2) is 9.59 Å². The van der Waals surface area contributed by atoms with E-state index in [2.05, 4.69) is 30.3 Å². The van der Waals surface area contributed by atoms with Gasteiger partial charge in [0.2, 0.25) is 0 Å². The number of nitrogens with two attached hydrogens (primary N) is 1. The number of rotatable bonds is 6. The number of hydrogen-bond donors (Lipinski definition) is 1. The highest BCUT2D eigenvalue weighted by atomic mass is 16.8. The van der Waals surface area contributed by atoms with E-state index in [4.69, 9.17) is 20.0 Å². The Kier molecular flexibility index (Phi) is 7.31. The van der Waals surface area contributed by atoms with Crippen molar-refractivity contribution in [2.45, 2.75) is 115 Å². The van der Waals surface area contributed by atoms with Crippen molar-refractivity contribution in [3.8, 4) is 0 Å². The van der Waals surface area contributed by atoms with Crippen LogP contribution in [0.2, 0.25) is 0 Å². The highest BCUT2D eigenvalue weighted by Crippen LogP contribution is 2.70. The molecular weight excluding hydrogens is 480 g/mol. The number of nitrogens with zero attached hydrogens (tertiary/aromatic N) is 1. The summed E-state index contributed by atoms with van der Waals surface area (Å²) in [6.07, 6.45) is 7.94. The van der Waals surface area contributed by atoms with Crippen LogP contribution in [0.3, 0.4) is 0 Å². The quantitative estimate of drug-likeness (QED) is 0.464. The Labute approximate surface area is 227 Å². The van der Waals surface area contributed by atoms with Crippen LogP contribution in [0.25, 0.3) is 0 Å². The minimum absolute atomic E-state index is 0.0569. The summed E-state index contributed by atoms with van der Waals surface area (Å²) in [7, 11) is 0. The molecule has 5 aliphatic carbocycles. The summed E-state index contributed by atoms with van der Waals surface area (Å²) in [5.41, 5.74) is 6.00. The summed E-state index contributed by atoms with van der Waals surface area (Å²) in [6, 6.07) is 10.6. The van der Waals surface area contributed by atoms with Gasteiger partial charge in [-0.15, -0.1) is 5.06 Å². The molecule has 38 heavy (non-hydrogen) atoms. The minimum Gasteiger partial charge on any atom is -0.442 e. The van der Waals surface area contributed by atoms with Crippen LogP contribution in [0.5, 0.6) is 0 Å². The van der Waals surface area contributed by atoms with Crippen molar-refractivity contribution in [1.82, 2.24) is 5.06 Å². The van der Waals surface area contributed by atoms with E-state index in [0.717, 1.165) is 51.4 Å². The zero-order valence-corrected chi connectivity index (χ0v) is 23.7. The Morgan fingerprint density at radius 2 is 1.71 bits per heavy atom. The summed E-state index contributed by atoms with van der Waals surface area (Å²) in [6.45, 7) is 8.87. The van der Waals surface area contributed by atoms with E-state index in [1.165, 1.54) is 10.6 Å². The predicted molar refractivity (Wildman–Crippen MR) is 145 cm³/mol. The summed E-state index contributed by atoms with van der Waals surface area (Å²) in [4.78, 5) is 33.9. The molecular formula is C31H46N2O5. The Morgan fingerprint density at radius 1 is 1.00 bits per heavy atom. The average Bonchev–Trinajstić information content (AvgIpc) is 2.85. The molecule has 1 amide bonds. The molecule has 7 nitrogen and oxygen atoms in total. The monoisotopic (exact) mass is 526 g/mol. The van der Waals surface area contributed by atoms with Gasteiger partial charge in [-0.3, -0.25) is 0 Å². The molecule has 0 spiro atoms. The Bertz CT molecular complexity index is 1020. The van der Waals surface area contributed by atoms with Gasteiger partial charge in [0, 0.05) is 12.6 Å². The summed E-state index contributed by atoms with van der Waals surface area (Å²) in [5.74, 6) is 0.158. The number of hydroxylamine groups is 2. The van der Waals surface area contributed by atoms with Crippen LogP contribution in [-0.2, 0) is 24.5 Å². The van der Waals surface area contributed by atoms with Gasteiger partial charge in [0.05, 0.1) is 18.1 Å². The molecule has 0 saturated heterocycles. The lowest BCUT2D eigenvalue weighted by molar-refractivity contribution is -0.229. The van der Waals surface area contributed by atoms with E-state index >= 15 is 0 Å². The van der Waals surface area contributed by atoms with Crippen molar-refractivity contribution >= 4 is 12.1 Å². The molecule has 1 aromatic rings. The van der Waals surface area contributed by atoms with Crippen molar-refractivity contribution in [3.05, 3.63) is 35.9 Å². The van der Waals surface area contributed by atoms with Crippen molar-refractivity contribution in [1.29, 1.82) is 0 Å². The van der Waals surface area contributed by atoms with E-state index in [0.29, 0.717) is 32.0 Å². The van der Waals surface area contributed by atoms with E-state index in [1.54, 1.807) is 0 Å². The molecule has 6 rings (SSSR count). The highest BCUT2D eigenvalue weighted by molar-refractivity contribution is 5.80. The van der Waals surface area contributed by atoms with Gasteiger partial charge in [-0.1, -0.05) is 30.3 Å². The largest absolute Gasteiger partial charge is 0.444 e. The summed E-state index contributed by atoms with van der Waals surface area (Å²) in [5, 5.41) is 1.27. The predicted octanol–water partition coefficient (Wildman–Crippen LogP) is 5.90. The number of carbonyl (C=O) groups is 2. The third kappa shape index (κ3) is 5.33. The van der Waals surface area contributed by atoms with Gasteiger partial charge in [0.1, 0.15) is 5.60 Å². The first-order valence-electron chi connectivity index (χ1n) is 14.6. The zero-order valence-electron chi connectivity index (χ0n) is 23.7. The van der Waals surface area contributed by atoms with Crippen molar-refractivity contribution in [2.24, 2.45) is 22.5 Å². The molecule has 210 valence electrons. The number of benzene rings is 1. The lowest BCUT2D eigenvalue weighted by Gasteiger charge is -2.65. The van der Waals surface area contributed by atoms with Gasteiger partial charge < -0.3 is 20.0 Å². The lowest BCUT2D eigenvalue weighted by atomic mass is 9.38. The molecule has 7 heteroatoms. The molecule has 0 aliphatic heterocycles. The van der Waals surface area contributed by atoms with E-state index in [9.17, 15) is 9.59 Å². The maximum absolute atomic E-state index is 14.3. The smallest absolute Gasteiger partial charge is 0.442 e. The van der Waals surface area contributed by atoms with Gasteiger partial charge in [0.25, 0.3) is 0 Å². The maximum atomic E-state index is 14.3. The van der Waals surface area contributed by atoms with E-state index in [-0.39, 0.29) is 28.9 Å². The molecule has 4 bridgehead atoms. The second-order valence-electron chi connectivity index (χ2n) is 13.8. The Balaban J connectivity index is 1.46. The fraction of sp³-hybridized carbons (Fsp3) is 0.742. The first-order valence-corrected chi connectivity index (χ1v) is 14.6. The van der Waals surface area contributed by atoms with Gasteiger partial charge >= 0.3 is 12.1 Å². The topological polar surface area (TPSA) is 91.1 Å². The lowest BCUT2D eigenvalue weighted by Crippen LogP contribution is -2.63. The van der Waals surface area contributed by atoms with Crippen LogP contribution in [0.1, 0.15) is 97.5 Å². The molecule has 0 heterocycles. The zero-order chi connectivity index (χ0) is 27.2. The standard InChI is InChI=1S/C31H46N2O5/c1-5-36-21-29-15-22-16-30(18-29,23-9-7-6-8-10-23)20-31(17-22,19-29)26(34)38-33(27(35)37-28(2,3)4)25-13-11-24(32)12-14-25/h6-10,22,24-25H,5,11-21,32H2,1-4H3. The van der Waals surface area contributed by atoms with Crippen molar-refractivity contribution in [2.75, 3.05) is 13.2 Å². The molecule has 1 aromatic carbocycles. The molecule has 5 saturated carbocycles. The fourth-order valence-electron chi connectivity index (χ4n) is 8.55. The summed E-state index contributed by atoms with van der Waals surface area (Å²) >= 11 is 0. The molecule has 2 N–H and O–H groups in total. The average molecular weight is 527 g/mol. The van der Waals surface area contributed by atoms with Crippen LogP contribution in [0, 0.1) is 16.7 Å². The third-order valence-corrected chi connectivity index (χ3v) is 9.44. The Hall–Kier alpha value is -2.12.